The van der Waals surface area contributed by atoms with E-state index >= 15 is 0 Å². The van der Waals surface area contributed by atoms with Gasteiger partial charge in [-0.25, -0.2) is 8.42 Å². The molecule has 2 aromatic carbocycles. The summed E-state index contributed by atoms with van der Waals surface area (Å²) in [7, 11) is -4.24. The maximum Gasteiger partial charge on any atom is 0.416 e. The van der Waals surface area contributed by atoms with E-state index in [2.05, 4.69) is 14.9 Å². The number of hydrogen-bond donors (Lipinski definition) is 1. The summed E-state index contributed by atoms with van der Waals surface area (Å²) in [5, 5.41) is 3.80. The Kier molecular flexibility index (Phi) is 6.34. The van der Waals surface area contributed by atoms with E-state index in [0.29, 0.717) is 24.7 Å². The molecular formula is C22H21F3N4O4S. The number of hydrogen-bond acceptors (Lipinski definition) is 6. The van der Waals surface area contributed by atoms with Gasteiger partial charge in [0.25, 0.3) is 10.0 Å². The van der Waals surface area contributed by atoms with Gasteiger partial charge in [-0.2, -0.15) is 18.2 Å². The van der Waals surface area contributed by atoms with Crippen LogP contribution >= 0.6 is 0 Å². The molecule has 1 aliphatic heterocycles. The van der Waals surface area contributed by atoms with E-state index in [1.54, 1.807) is 17.9 Å². The number of anilines is 1. The molecule has 180 valence electrons. The summed E-state index contributed by atoms with van der Waals surface area (Å²) in [5.74, 6) is -0.551. The fourth-order valence-electron chi connectivity index (χ4n) is 3.66. The van der Waals surface area contributed by atoms with Crippen LogP contribution in [0.4, 0.5) is 18.9 Å². The molecule has 1 aromatic heterocycles. The molecule has 4 rings (SSSR count). The average Bonchev–Trinajstić information content (AvgIpc) is 3.29. The second-order valence-electron chi connectivity index (χ2n) is 7.94. The third-order valence-electron chi connectivity index (χ3n) is 5.43. The minimum atomic E-state index is -4.61. The van der Waals surface area contributed by atoms with E-state index in [4.69, 9.17) is 4.52 Å². The van der Waals surface area contributed by atoms with Crippen LogP contribution in [0.25, 0.3) is 11.4 Å². The van der Waals surface area contributed by atoms with Gasteiger partial charge in [-0.1, -0.05) is 23.4 Å². The fourth-order valence-corrected chi connectivity index (χ4v) is 4.98. The molecule has 12 heteroatoms. The second-order valence-corrected chi connectivity index (χ2v) is 9.59. The predicted octanol–water partition coefficient (Wildman–Crippen LogP) is 4.49. The summed E-state index contributed by atoms with van der Waals surface area (Å²) in [6, 6.07) is 8.27. The van der Waals surface area contributed by atoms with Gasteiger partial charge in [-0.3, -0.25) is 9.52 Å². The number of aromatic nitrogens is 2. The lowest BCUT2D eigenvalue weighted by Crippen LogP contribution is -2.35. The molecule has 0 aliphatic carbocycles. The zero-order valence-electron chi connectivity index (χ0n) is 18.1. The summed E-state index contributed by atoms with van der Waals surface area (Å²) in [5.41, 5.74) is -0.572. The zero-order chi connectivity index (χ0) is 24.5. The maximum atomic E-state index is 13.0. The summed E-state index contributed by atoms with van der Waals surface area (Å²) < 4.78 is 72.2. The Bertz CT molecular complexity index is 1320. The predicted molar refractivity (Wildman–Crippen MR) is 116 cm³/mol. The van der Waals surface area contributed by atoms with Crippen molar-refractivity contribution in [3.05, 3.63) is 59.5 Å². The van der Waals surface area contributed by atoms with Crippen LogP contribution in [-0.2, 0) is 16.2 Å². The van der Waals surface area contributed by atoms with Crippen molar-refractivity contribution in [1.82, 2.24) is 15.0 Å². The summed E-state index contributed by atoms with van der Waals surface area (Å²) in [6.45, 7) is 2.75. The molecule has 1 N–H and O–H groups in total. The largest absolute Gasteiger partial charge is 0.416 e. The van der Waals surface area contributed by atoms with Crippen molar-refractivity contribution in [2.45, 2.75) is 37.3 Å². The molecule has 3 aromatic rings. The molecular weight excluding hydrogens is 473 g/mol. The molecule has 0 radical (unpaired) electrons. The van der Waals surface area contributed by atoms with Crippen LogP contribution < -0.4 is 4.72 Å². The molecule has 1 fully saturated rings. The van der Waals surface area contributed by atoms with Gasteiger partial charge in [0.1, 0.15) is 0 Å². The minimum Gasteiger partial charge on any atom is -0.334 e. The van der Waals surface area contributed by atoms with Gasteiger partial charge in [-0.15, -0.1) is 0 Å². The molecule has 1 saturated heterocycles. The van der Waals surface area contributed by atoms with E-state index in [1.807, 2.05) is 0 Å². The average molecular weight is 494 g/mol. The number of amides is 1. The normalized spacial score (nSPS) is 14.8. The first kappa shape index (κ1) is 23.7. The molecule has 2 heterocycles. The highest BCUT2D eigenvalue weighted by molar-refractivity contribution is 7.92. The van der Waals surface area contributed by atoms with Crippen LogP contribution in [0.5, 0.6) is 0 Å². The topological polar surface area (TPSA) is 105 Å². The lowest BCUT2D eigenvalue weighted by atomic mass is 10.1. The number of halogens is 3. The van der Waals surface area contributed by atoms with Crippen molar-refractivity contribution in [3.63, 3.8) is 0 Å². The molecule has 1 aliphatic rings. The Labute approximate surface area is 193 Å². The van der Waals surface area contributed by atoms with Crippen molar-refractivity contribution in [3.8, 4) is 11.4 Å². The molecule has 34 heavy (non-hydrogen) atoms. The van der Waals surface area contributed by atoms with Gasteiger partial charge >= 0.3 is 18.0 Å². The fraction of sp³-hybridized carbons (Fsp3) is 0.318. The van der Waals surface area contributed by atoms with Crippen LogP contribution in [0, 0.1) is 6.92 Å². The standard InChI is InChI=1S/C22H21F3N4O4S/c1-14-8-9-15(19-26-20(33-27-19)21(30)29-10-3-2-4-11-29)12-18(14)34(31,32)28-17-7-5-6-16(13-17)22(23,24)25/h5-9,12-13,28H,2-4,10-11H2,1H3. The number of aryl methyl sites for hydroxylation is 1. The van der Waals surface area contributed by atoms with Gasteiger partial charge in [0.15, 0.2) is 0 Å². The summed E-state index contributed by atoms with van der Waals surface area (Å²) in [4.78, 5) is 18.2. The number of alkyl halides is 3. The van der Waals surface area contributed by atoms with E-state index < -0.39 is 21.8 Å². The smallest absolute Gasteiger partial charge is 0.334 e. The first-order valence-corrected chi connectivity index (χ1v) is 12.0. The number of sulfonamides is 1. The number of rotatable bonds is 5. The van der Waals surface area contributed by atoms with E-state index in [9.17, 15) is 26.4 Å². The van der Waals surface area contributed by atoms with Crippen molar-refractivity contribution in [2.75, 3.05) is 17.8 Å². The third kappa shape index (κ3) is 5.06. The van der Waals surface area contributed by atoms with Crippen LogP contribution in [0.1, 0.15) is 41.1 Å². The molecule has 0 bridgehead atoms. The zero-order valence-corrected chi connectivity index (χ0v) is 18.9. The summed E-state index contributed by atoms with van der Waals surface area (Å²) >= 11 is 0. The van der Waals surface area contributed by atoms with Crippen LogP contribution in [0.15, 0.2) is 51.9 Å². The van der Waals surface area contributed by atoms with Gasteiger partial charge in [0.05, 0.1) is 10.5 Å². The van der Waals surface area contributed by atoms with Crippen molar-refractivity contribution in [1.29, 1.82) is 0 Å². The molecule has 1 amide bonds. The van der Waals surface area contributed by atoms with Crippen molar-refractivity contribution < 1.29 is 30.9 Å². The lowest BCUT2D eigenvalue weighted by Gasteiger charge is -2.24. The Hall–Kier alpha value is -3.41. The first-order chi connectivity index (χ1) is 16.0. The minimum absolute atomic E-state index is 0.0240. The molecule has 0 saturated carbocycles. The summed E-state index contributed by atoms with van der Waals surface area (Å²) in [6.07, 6.45) is -1.77. The Morgan fingerprint density at radius 2 is 1.82 bits per heavy atom. The third-order valence-corrected chi connectivity index (χ3v) is 6.95. The number of piperidine rings is 1. The van der Waals surface area contributed by atoms with Crippen LogP contribution in [0.3, 0.4) is 0 Å². The Balaban J connectivity index is 1.60. The van der Waals surface area contributed by atoms with Gasteiger partial charge in [-0.05, 0) is 56.0 Å². The van der Waals surface area contributed by atoms with E-state index in [0.717, 1.165) is 31.4 Å². The number of carbonyl (C=O) groups is 1. The molecule has 0 atom stereocenters. The second kappa shape index (κ2) is 9.09. The van der Waals surface area contributed by atoms with Crippen molar-refractivity contribution >= 4 is 21.6 Å². The Morgan fingerprint density at radius 3 is 2.53 bits per heavy atom. The van der Waals surface area contributed by atoms with E-state index in [-0.39, 0.29) is 33.8 Å². The highest BCUT2D eigenvalue weighted by Gasteiger charge is 2.31. The lowest BCUT2D eigenvalue weighted by molar-refractivity contribution is -0.137. The number of benzene rings is 2. The van der Waals surface area contributed by atoms with Gasteiger partial charge < -0.3 is 9.42 Å². The SMILES string of the molecule is Cc1ccc(-c2noc(C(=O)N3CCCCC3)n2)cc1S(=O)(=O)Nc1cccc(C(F)(F)F)c1. The van der Waals surface area contributed by atoms with Gasteiger partial charge in [0, 0.05) is 24.3 Å². The quantitative estimate of drug-likeness (QED) is 0.560. The number of likely N-dealkylation sites (tertiary alicyclic amines) is 1. The van der Waals surface area contributed by atoms with Crippen molar-refractivity contribution in [2.24, 2.45) is 0 Å². The highest BCUT2D eigenvalue weighted by atomic mass is 32.2. The number of carbonyl (C=O) groups excluding carboxylic acids is 1. The monoisotopic (exact) mass is 494 g/mol. The Morgan fingerprint density at radius 1 is 1.09 bits per heavy atom. The highest BCUT2D eigenvalue weighted by Crippen LogP contribution is 2.32. The maximum absolute atomic E-state index is 13.0. The molecule has 0 spiro atoms. The van der Waals surface area contributed by atoms with Crippen LogP contribution in [-0.4, -0.2) is 42.5 Å². The number of nitrogens with one attached hydrogen (secondary N) is 1. The van der Waals surface area contributed by atoms with Crippen LogP contribution in [0.2, 0.25) is 0 Å². The molecule has 0 unspecified atom stereocenters. The number of nitrogens with zero attached hydrogens (tertiary/aromatic N) is 3. The molecule has 8 nitrogen and oxygen atoms in total. The first-order valence-electron chi connectivity index (χ1n) is 10.5. The van der Waals surface area contributed by atoms with Gasteiger partial charge in [0.2, 0.25) is 5.82 Å². The van der Waals surface area contributed by atoms with E-state index in [1.165, 1.54) is 18.2 Å².